The van der Waals surface area contributed by atoms with Gasteiger partial charge in [-0.1, -0.05) is 12.8 Å². The van der Waals surface area contributed by atoms with Crippen LogP contribution in [-0.4, -0.2) is 84.7 Å². The molecular formula is C14H27N3O2. The molecule has 5 nitrogen and oxygen atoms in total. The lowest BCUT2D eigenvalue weighted by Gasteiger charge is -2.35. The number of carboxylic acids is 1. The molecule has 0 aliphatic carbocycles. The molecule has 0 aromatic rings. The van der Waals surface area contributed by atoms with E-state index in [0.29, 0.717) is 0 Å². The summed E-state index contributed by atoms with van der Waals surface area (Å²) in [5.74, 6) is -0.639. The molecule has 5 heteroatoms. The Morgan fingerprint density at radius 1 is 1.05 bits per heavy atom. The summed E-state index contributed by atoms with van der Waals surface area (Å²) in [6.07, 6.45) is 4.20. The van der Waals surface area contributed by atoms with Crippen molar-refractivity contribution < 1.29 is 9.90 Å². The number of hydrogen-bond acceptors (Lipinski definition) is 4. The second-order valence-electron chi connectivity index (χ2n) is 5.88. The van der Waals surface area contributed by atoms with Crippen molar-refractivity contribution in [1.82, 2.24) is 14.7 Å². The van der Waals surface area contributed by atoms with Crippen LogP contribution in [-0.2, 0) is 4.79 Å². The molecule has 110 valence electrons. The molecule has 19 heavy (non-hydrogen) atoms. The number of piperazine rings is 1. The van der Waals surface area contributed by atoms with Crippen LogP contribution in [0.15, 0.2) is 0 Å². The molecule has 0 amide bonds. The van der Waals surface area contributed by atoms with E-state index < -0.39 is 5.97 Å². The van der Waals surface area contributed by atoms with E-state index in [0.717, 1.165) is 65.1 Å². The quantitative estimate of drug-likeness (QED) is 0.808. The van der Waals surface area contributed by atoms with E-state index in [4.69, 9.17) is 0 Å². The second-order valence-corrected chi connectivity index (χ2v) is 5.88. The van der Waals surface area contributed by atoms with Crippen molar-refractivity contribution in [3.05, 3.63) is 0 Å². The average molecular weight is 269 g/mol. The Labute approximate surface area is 116 Å². The summed E-state index contributed by atoms with van der Waals surface area (Å²) >= 11 is 0. The van der Waals surface area contributed by atoms with Crippen LogP contribution < -0.4 is 0 Å². The van der Waals surface area contributed by atoms with Crippen molar-refractivity contribution in [2.24, 2.45) is 0 Å². The number of rotatable bonds is 4. The van der Waals surface area contributed by atoms with Crippen LogP contribution in [0.4, 0.5) is 0 Å². The molecule has 0 spiro atoms. The number of likely N-dealkylation sites (N-methyl/N-ethyl adjacent to an activating group) is 1. The molecule has 1 unspecified atom stereocenters. The van der Waals surface area contributed by atoms with Gasteiger partial charge in [0.25, 0.3) is 0 Å². The summed E-state index contributed by atoms with van der Waals surface area (Å²) < 4.78 is 0. The lowest BCUT2D eigenvalue weighted by atomic mass is 10.1. The highest BCUT2D eigenvalue weighted by Crippen LogP contribution is 2.17. The number of nitrogens with zero attached hydrogens (tertiary/aromatic N) is 3. The fourth-order valence-corrected chi connectivity index (χ4v) is 3.06. The van der Waals surface area contributed by atoms with Crippen molar-refractivity contribution >= 4 is 5.97 Å². The first-order chi connectivity index (χ1) is 9.16. The Morgan fingerprint density at radius 2 is 1.79 bits per heavy atom. The van der Waals surface area contributed by atoms with Gasteiger partial charge in [-0.25, -0.2) is 0 Å². The lowest BCUT2D eigenvalue weighted by molar-refractivity contribution is -0.143. The molecule has 2 heterocycles. The smallest absolute Gasteiger partial charge is 0.320 e. The van der Waals surface area contributed by atoms with Gasteiger partial charge in [0.15, 0.2) is 0 Å². The third kappa shape index (κ3) is 4.44. The first kappa shape index (κ1) is 14.8. The molecule has 2 aliphatic rings. The van der Waals surface area contributed by atoms with Gasteiger partial charge in [0.05, 0.1) is 0 Å². The van der Waals surface area contributed by atoms with Crippen molar-refractivity contribution in [3.63, 3.8) is 0 Å². The summed E-state index contributed by atoms with van der Waals surface area (Å²) in [6.45, 7) is 7.35. The Balaban J connectivity index is 1.80. The van der Waals surface area contributed by atoms with Crippen LogP contribution in [0.2, 0.25) is 0 Å². The van der Waals surface area contributed by atoms with E-state index in [-0.39, 0.29) is 6.04 Å². The van der Waals surface area contributed by atoms with Gasteiger partial charge < -0.3 is 10.0 Å². The van der Waals surface area contributed by atoms with Crippen LogP contribution >= 0.6 is 0 Å². The minimum absolute atomic E-state index is 0.255. The third-order valence-corrected chi connectivity index (χ3v) is 4.45. The fourth-order valence-electron chi connectivity index (χ4n) is 3.06. The molecule has 0 aromatic heterocycles. The number of hydrogen-bond donors (Lipinski definition) is 1. The maximum Gasteiger partial charge on any atom is 0.320 e. The molecule has 0 bridgehead atoms. The van der Waals surface area contributed by atoms with Crippen LogP contribution in [0.5, 0.6) is 0 Å². The summed E-state index contributed by atoms with van der Waals surface area (Å²) in [4.78, 5) is 18.3. The van der Waals surface area contributed by atoms with Gasteiger partial charge in [0, 0.05) is 39.3 Å². The zero-order chi connectivity index (χ0) is 13.7. The number of carboxylic acid groups (broad SMARTS) is 1. The maximum absolute atomic E-state index is 11.3. The third-order valence-electron chi connectivity index (χ3n) is 4.45. The molecule has 2 rings (SSSR count). The van der Waals surface area contributed by atoms with E-state index in [1.807, 2.05) is 0 Å². The van der Waals surface area contributed by atoms with Crippen LogP contribution in [0.3, 0.4) is 0 Å². The highest BCUT2D eigenvalue weighted by molar-refractivity contribution is 5.73. The zero-order valence-electron chi connectivity index (χ0n) is 12.1. The average Bonchev–Trinajstić information content (AvgIpc) is 2.63. The standard InChI is InChI=1S/C14H27N3O2/c1-15-7-9-16(10-8-15)11-12-17-6-4-2-3-5-13(17)14(18)19/h13H,2-12H2,1H3,(H,18,19). The van der Waals surface area contributed by atoms with E-state index in [9.17, 15) is 9.90 Å². The summed E-state index contributed by atoms with van der Waals surface area (Å²) in [5, 5.41) is 9.34. The molecule has 2 fully saturated rings. The van der Waals surface area contributed by atoms with Gasteiger partial charge in [-0.05, 0) is 26.4 Å². The molecule has 0 saturated carbocycles. The lowest BCUT2D eigenvalue weighted by Crippen LogP contribution is -2.49. The Hall–Kier alpha value is -0.650. The first-order valence-electron chi connectivity index (χ1n) is 7.54. The van der Waals surface area contributed by atoms with Crippen molar-refractivity contribution in [3.8, 4) is 0 Å². The number of aliphatic carboxylic acids is 1. The number of carbonyl (C=O) groups is 1. The molecule has 2 saturated heterocycles. The largest absolute Gasteiger partial charge is 0.480 e. The van der Waals surface area contributed by atoms with Gasteiger partial charge in [-0.3, -0.25) is 14.6 Å². The summed E-state index contributed by atoms with van der Waals surface area (Å²) in [5.41, 5.74) is 0. The number of likely N-dealkylation sites (tertiary alicyclic amines) is 1. The maximum atomic E-state index is 11.3. The van der Waals surface area contributed by atoms with Crippen LogP contribution in [0.1, 0.15) is 25.7 Å². The zero-order valence-corrected chi connectivity index (χ0v) is 12.1. The van der Waals surface area contributed by atoms with Gasteiger partial charge in [0.2, 0.25) is 0 Å². The SMILES string of the molecule is CN1CCN(CCN2CCCCCC2C(=O)O)CC1. The monoisotopic (exact) mass is 269 g/mol. The molecule has 1 atom stereocenters. The fraction of sp³-hybridized carbons (Fsp3) is 0.929. The van der Waals surface area contributed by atoms with Gasteiger partial charge in [-0.2, -0.15) is 0 Å². The van der Waals surface area contributed by atoms with Crippen LogP contribution in [0, 0.1) is 0 Å². The highest BCUT2D eigenvalue weighted by Gasteiger charge is 2.27. The molecule has 1 N–H and O–H groups in total. The minimum Gasteiger partial charge on any atom is -0.480 e. The predicted octanol–water partition coefficient (Wildman–Crippen LogP) is 0.563. The van der Waals surface area contributed by atoms with E-state index >= 15 is 0 Å². The van der Waals surface area contributed by atoms with Gasteiger partial charge >= 0.3 is 5.97 Å². The molecule has 0 radical (unpaired) electrons. The van der Waals surface area contributed by atoms with Crippen molar-refractivity contribution in [1.29, 1.82) is 0 Å². The van der Waals surface area contributed by atoms with Gasteiger partial charge in [-0.15, -0.1) is 0 Å². The summed E-state index contributed by atoms with van der Waals surface area (Å²) in [7, 11) is 2.16. The normalized spacial score (nSPS) is 28.2. The Kier molecular flexibility index (Phi) is 5.60. The molecule has 2 aliphatic heterocycles. The topological polar surface area (TPSA) is 47.0 Å². The second kappa shape index (κ2) is 7.22. The first-order valence-corrected chi connectivity index (χ1v) is 7.54. The Bertz CT molecular complexity index is 290. The predicted molar refractivity (Wildman–Crippen MR) is 75.4 cm³/mol. The molecule has 0 aromatic carbocycles. The highest BCUT2D eigenvalue weighted by atomic mass is 16.4. The van der Waals surface area contributed by atoms with Crippen LogP contribution in [0.25, 0.3) is 0 Å². The van der Waals surface area contributed by atoms with E-state index in [2.05, 4.69) is 21.7 Å². The molecular weight excluding hydrogens is 242 g/mol. The van der Waals surface area contributed by atoms with Crippen molar-refractivity contribution in [2.45, 2.75) is 31.7 Å². The van der Waals surface area contributed by atoms with Crippen molar-refractivity contribution in [2.75, 3.05) is 52.9 Å². The summed E-state index contributed by atoms with van der Waals surface area (Å²) in [6, 6.07) is -0.255. The van der Waals surface area contributed by atoms with E-state index in [1.54, 1.807) is 0 Å². The van der Waals surface area contributed by atoms with Gasteiger partial charge in [0.1, 0.15) is 6.04 Å². The van der Waals surface area contributed by atoms with E-state index in [1.165, 1.54) is 6.42 Å². The Morgan fingerprint density at radius 3 is 2.47 bits per heavy atom. The minimum atomic E-state index is -0.639.